The summed E-state index contributed by atoms with van der Waals surface area (Å²) in [4.78, 5) is 45.7. The minimum absolute atomic E-state index is 0.00481. The number of ether oxygens (including phenoxy) is 2. The first kappa shape index (κ1) is 17.4. The third-order valence-electron chi connectivity index (χ3n) is 2.83. The van der Waals surface area contributed by atoms with Crippen molar-refractivity contribution in [3.63, 3.8) is 0 Å². The molecule has 1 amide bonds. The van der Waals surface area contributed by atoms with E-state index < -0.39 is 17.8 Å². The first-order chi connectivity index (χ1) is 10.5. The monoisotopic (exact) mass is 307 g/mol. The Morgan fingerprint density at radius 1 is 1.00 bits per heavy atom. The van der Waals surface area contributed by atoms with Gasteiger partial charge in [0, 0.05) is 12.0 Å². The Labute approximate surface area is 127 Å². The fourth-order valence-electron chi connectivity index (χ4n) is 1.62. The van der Waals surface area contributed by atoms with Crippen LogP contribution in [0.25, 0.3) is 0 Å². The van der Waals surface area contributed by atoms with Crippen LogP contribution < -0.4 is 5.32 Å². The summed E-state index contributed by atoms with van der Waals surface area (Å²) >= 11 is 0. The molecule has 0 saturated heterocycles. The number of ketones is 1. The van der Waals surface area contributed by atoms with Crippen LogP contribution in [0.2, 0.25) is 0 Å². The molecule has 118 valence electrons. The van der Waals surface area contributed by atoms with Gasteiger partial charge in [-0.1, -0.05) is 6.07 Å². The van der Waals surface area contributed by atoms with Crippen LogP contribution in [0.5, 0.6) is 0 Å². The second kappa shape index (κ2) is 8.56. The van der Waals surface area contributed by atoms with Crippen molar-refractivity contribution in [1.29, 1.82) is 0 Å². The number of esters is 2. The summed E-state index contributed by atoms with van der Waals surface area (Å²) in [6.07, 6.45) is -0.0296. The predicted octanol–water partition coefficient (Wildman–Crippen LogP) is 0.725. The minimum Gasteiger partial charge on any atom is -0.469 e. The number of carbonyl (C=O) groups excluding carboxylic acids is 4. The maximum Gasteiger partial charge on any atom is 0.337 e. The van der Waals surface area contributed by atoms with E-state index in [0.29, 0.717) is 0 Å². The molecule has 0 spiro atoms. The number of benzene rings is 1. The molecule has 0 radical (unpaired) electrons. The fraction of sp³-hybridized carbons (Fsp3) is 0.333. The van der Waals surface area contributed by atoms with Gasteiger partial charge in [-0.3, -0.25) is 14.4 Å². The van der Waals surface area contributed by atoms with E-state index in [9.17, 15) is 19.2 Å². The van der Waals surface area contributed by atoms with Crippen LogP contribution in [0, 0.1) is 0 Å². The van der Waals surface area contributed by atoms with E-state index in [4.69, 9.17) is 0 Å². The van der Waals surface area contributed by atoms with E-state index in [1.165, 1.54) is 32.4 Å². The normalized spacial score (nSPS) is 9.73. The molecule has 7 nitrogen and oxygen atoms in total. The molecule has 0 aliphatic heterocycles. The summed E-state index contributed by atoms with van der Waals surface area (Å²) in [5, 5.41) is 2.43. The first-order valence-electron chi connectivity index (χ1n) is 6.53. The van der Waals surface area contributed by atoms with Gasteiger partial charge < -0.3 is 14.8 Å². The summed E-state index contributed by atoms with van der Waals surface area (Å²) < 4.78 is 8.99. The molecule has 0 bridgehead atoms. The predicted molar refractivity (Wildman–Crippen MR) is 76.4 cm³/mol. The highest BCUT2D eigenvalue weighted by atomic mass is 16.5. The van der Waals surface area contributed by atoms with Gasteiger partial charge in [0.2, 0.25) is 0 Å². The number of nitrogens with one attached hydrogen (secondary N) is 1. The smallest absolute Gasteiger partial charge is 0.337 e. The molecule has 1 aromatic rings. The Morgan fingerprint density at radius 2 is 1.68 bits per heavy atom. The fourth-order valence-corrected chi connectivity index (χ4v) is 1.62. The molecule has 0 aromatic heterocycles. The van der Waals surface area contributed by atoms with Crippen LogP contribution in [0.15, 0.2) is 24.3 Å². The van der Waals surface area contributed by atoms with E-state index in [-0.39, 0.29) is 36.3 Å². The zero-order valence-corrected chi connectivity index (χ0v) is 12.4. The molecule has 0 heterocycles. The van der Waals surface area contributed by atoms with Crippen LogP contribution in [0.4, 0.5) is 0 Å². The lowest BCUT2D eigenvalue weighted by molar-refractivity contribution is -0.141. The molecule has 0 aliphatic carbocycles. The summed E-state index contributed by atoms with van der Waals surface area (Å²) in [6, 6.07) is 5.95. The van der Waals surface area contributed by atoms with Crippen molar-refractivity contribution in [2.45, 2.75) is 12.8 Å². The number of hydrogen-bond donors (Lipinski definition) is 1. The molecule has 0 unspecified atom stereocenters. The quantitative estimate of drug-likeness (QED) is 0.745. The molecule has 22 heavy (non-hydrogen) atoms. The van der Waals surface area contributed by atoms with Crippen LogP contribution in [0.3, 0.4) is 0 Å². The molecule has 0 aliphatic rings. The second-order valence-electron chi connectivity index (χ2n) is 4.37. The summed E-state index contributed by atoms with van der Waals surface area (Å²) in [5.74, 6) is -1.81. The highest BCUT2D eigenvalue weighted by Gasteiger charge is 2.12. The maximum absolute atomic E-state index is 11.9. The molecular formula is C15H17NO6. The van der Waals surface area contributed by atoms with E-state index in [1.807, 2.05) is 0 Å². The molecule has 0 atom stereocenters. The SMILES string of the molecule is COC(=O)CCC(=O)CNC(=O)c1cccc(C(=O)OC)c1. The largest absolute Gasteiger partial charge is 0.469 e. The first-order valence-corrected chi connectivity index (χ1v) is 6.53. The molecule has 0 fully saturated rings. The van der Waals surface area contributed by atoms with Gasteiger partial charge in [0.15, 0.2) is 5.78 Å². The van der Waals surface area contributed by atoms with Crippen molar-refractivity contribution in [3.8, 4) is 0 Å². The Kier molecular flexibility index (Phi) is 6.75. The Morgan fingerprint density at radius 3 is 2.32 bits per heavy atom. The van der Waals surface area contributed by atoms with Gasteiger partial charge in [0.05, 0.1) is 32.7 Å². The van der Waals surface area contributed by atoms with Crippen molar-refractivity contribution in [2.75, 3.05) is 20.8 Å². The van der Waals surface area contributed by atoms with Crippen LogP contribution >= 0.6 is 0 Å². The molecular weight excluding hydrogens is 290 g/mol. The number of carbonyl (C=O) groups is 4. The molecule has 1 rings (SSSR count). The lowest BCUT2D eigenvalue weighted by atomic mass is 10.1. The van der Waals surface area contributed by atoms with Crippen molar-refractivity contribution < 1.29 is 28.7 Å². The third kappa shape index (κ3) is 5.35. The highest BCUT2D eigenvalue weighted by Crippen LogP contribution is 2.06. The average molecular weight is 307 g/mol. The zero-order chi connectivity index (χ0) is 16.5. The standard InChI is InChI=1S/C15H17NO6/c1-21-13(18)7-6-12(17)9-16-14(19)10-4-3-5-11(8-10)15(20)22-2/h3-5,8H,6-7,9H2,1-2H3,(H,16,19). The highest BCUT2D eigenvalue weighted by molar-refractivity contribution is 5.99. The van der Waals surface area contributed by atoms with Gasteiger partial charge in [-0.2, -0.15) is 0 Å². The topological polar surface area (TPSA) is 98.8 Å². The zero-order valence-electron chi connectivity index (χ0n) is 12.4. The minimum atomic E-state index is -0.552. The molecule has 1 N–H and O–H groups in total. The summed E-state index contributed by atoms with van der Waals surface area (Å²) in [7, 11) is 2.48. The van der Waals surface area contributed by atoms with Gasteiger partial charge in [0.25, 0.3) is 5.91 Å². The van der Waals surface area contributed by atoms with Crippen molar-refractivity contribution in [3.05, 3.63) is 35.4 Å². The van der Waals surface area contributed by atoms with Crippen molar-refractivity contribution in [2.24, 2.45) is 0 Å². The lowest BCUT2D eigenvalue weighted by Gasteiger charge is -2.06. The van der Waals surface area contributed by atoms with Crippen molar-refractivity contribution >= 4 is 23.6 Å². The Bertz CT molecular complexity index is 581. The van der Waals surface area contributed by atoms with Gasteiger partial charge in [-0.05, 0) is 18.2 Å². The van der Waals surface area contributed by atoms with E-state index in [2.05, 4.69) is 14.8 Å². The summed E-state index contributed by atoms with van der Waals surface area (Å²) in [5.41, 5.74) is 0.482. The van der Waals surface area contributed by atoms with E-state index >= 15 is 0 Å². The second-order valence-corrected chi connectivity index (χ2v) is 4.37. The van der Waals surface area contributed by atoms with Gasteiger partial charge in [0.1, 0.15) is 0 Å². The molecule has 7 heteroatoms. The lowest BCUT2D eigenvalue weighted by Crippen LogP contribution is -2.29. The number of methoxy groups -OCH3 is 2. The van der Waals surface area contributed by atoms with E-state index in [1.54, 1.807) is 6.07 Å². The van der Waals surface area contributed by atoms with Crippen LogP contribution in [0.1, 0.15) is 33.6 Å². The van der Waals surface area contributed by atoms with Crippen LogP contribution in [-0.4, -0.2) is 44.4 Å². The maximum atomic E-state index is 11.9. The number of hydrogen-bond acceptors (Lipinski definition) is 6. The molecule has 0 saturated carbocycles. The summed E-state index contributed by atoms with van der Waals surface area (Å²) in [6.45, 7) is -0.196. The Balaban J connectivity index is 2.53. The van der Waals surface area contributed by atoms with Gasteiger partial charge in [-0.15, -0.1) is 0 Å². The van der Waals surface area contributed by atoms with Crippen molar-refractivity contribution in [1.82, 2.24) is 5.32 Å². The van der Waals surface area contributed by atoms with Crippen LogP contribution in [-0.2, 0) is 19.1 Å². The van der Waals surface area contributed by atoms with E-state index in [0.717, 1.165) is 0 Å². The number of amides is 1. The number of Topliss-reactive ketones (excluding diaryl/α,β-unsaturated/α-hetero) is 1. The average Bonchev–Trinajstić information content (AvgIpc) is 2.56. The molecule has 1 aromatic carbocycles. The number of rotatable bonds is 7. The van der Waals surface area contributed by atoms with Gasteiger partial charge in [-0.25, -0.2) is 4.79 Å². The Hall–Kier alpha value is -2.70. The third-order valence-corrected chi connectivity index (χ3v) is 2.83. The van der Waals surface area contributed by atoms with Gasteiger partial charge >= 0.3 is 11.9 Å².